The van der Waals surface area contributed by atoms with Gasteiger partial charge in [0.1, 0.15) is 0 Å². The number of hydrogen-bond donors (Lipinski definition) is 2. The summed E-state index contributed by atoms with van der Waals surface area (Å²) in [4.78, 5) is 2.20. The predicted molar refractivity (Wildman–Crippen MR) is 56.7 cm³/mol. The molecule has 0 bridgehead atoms. The number of piperazine rings is 1. The molecule has 0 saturated carbocycles. The Morgan fingerprint density at radius 3 is 3.00 bits per heavy atom. The Morgan fingerprint density at radius 2 is 2.38 bits per heavy atom. The van der Waals surface area contributed by atoms with Gasteiger partial charge in [-0.1, -0.05) is 19.8 Å². The number of nitrogens with one attached hydrogen (secondary N) is 1. The predicted octanol–water partition coefficient (Wildman–Crippen LogP) is 0.561. The van der Waals surface area contributed by atoms with E-state index in [4.69, 9.17) is 0 Å². The third kappa shape index (κ3) is 3.29. The summed E-state index contributed by atoms with van der Waals surface area (Å²) in [5, 5.41) is 12.9. The molecule has 4 heteroatoms. The summed E-state index contributed by atoms with van der Waals surface area (Å²) < 4.78 is 0. The van der Waals surface area contributed by atoms with Crippen molar-refractivity contribution in [1.29, 1.82) is 0 Å². The third-order valence-corrected chi connectivity index (χ3v) is 2.77. The van der Waals surface area contributed by atoms with E-state index >= 15 is 0 Å². The first-order valence-corrected chi connectivity index (χ1v) is 5.40. The number of rotatable bonds is 4. The molecule has 1 aliphatic heterocycles. The second-order valence-corrected chi connectivity index (χ2v) is 3.87. The van der Waals surface area contributed by atoms with Gasteiger partial charge in [-0.05, 0) is 13.2 Å². The summed E-state index contributed by atoms with van der Waals surface area (Å²) in [5.41, 5.74) is 0. The minimum atomic E-state index is -0.288. The molecular formula is C9H21BN2O. The standard InChI is InChI=1S/C9H21BN2O/c1-3-4-5-9-8-11-6-7-12(9)10(2)13/h9,11,13H,3-8H2,1-2H3/t9-/m0/s1. The number of unbranched alkanes of at least 4 members (excludes halogenated alkanes) is 1. The first-order chi connectivity index (χ1) is 6.25. The molecule has 0 aromatic heterocycles. The van der Waals surface area contributed by atoms with Crippen LogP contribution in [0.25, 0.3) is 0 Å². The smallest absolute Gasteiger partial charge is 0.376 e. The summed E-state index contributed by atoms with van der Waals surface area (Å²) in [6.45, 7) is 7.09. The Bertz CT molecular complexity index is 144. The van der Waals surface area contributed by atoms with Crippen molar-refractivity contribution in [3.8, 4) is 0 Å². The topological polar surface area (TPSA) is 35.5 Å². The molecule has 0 radical (unpaired) electrons. The van der Waals surface area contributed by atoms with E-state index in [9.17, 15) is 5.02 Å². The SMILES string of the molecule is CCCC[C@H]1CNCCN1B(C)O. The first-order valence-electron chi connectivity index (χ1n) is 5.40. The van der Waals surface area contributed by atoms with Crippen LogP contribution in [0.3, 0.4) is 0 Å². The molecule has 1 atom stereocenters. The van der Waals surface area contributed by atoms with E-state index in [1.54, 1.807) is 0 Å². The molecule has 0 amide bonds. The molecule has 76 valence electrons. The fourth-order valence-electron chi connectivity index (χ4n) is 1.98. The van der Waals surface area contributed by atoms with Crippen molar-refractivity contribution in [1.82, 2.24) is 10.1 Å². The van der Waals surface area contributed by atoms with Crippen LogP contribution in [0.2, 0.25) is 6.82 Å². The zero-order valence-corrected chi connectivity index (χ0v) is 8.79. The van der Waals surface area contributed by atoms with E-state index in [0.29, 0.717) is 6.04 Å². The third-order valence-electron chi connectivity index (χ3n) is 2.77. The molecule has 1 heterocycles. The van der Waals surface area contributed by atoms with E-state index < -0.39 is 0 Å². The van der Waals surface area contributed by atoms with Gasteiger partial charge < -0.3 is 15.2 Å². The molecule has 1 rings (SSSR count). The van der Waals surface area contributed by atoms with E-state index in [2.05, 4.69) is 17.1 Å². The molecule has 1 saturated heterocycles. The highest BCUT2D eigenvalue weighted by molar-refractivity contribution is 6.45. The zero-order valence-electron chi connectivity index (χ0n) is 8.79. The Labute approximate surface area is 81.6 Å². The summed E-state index contributed by atoms with van der Waals surface area (Å²) in [6, 6.07) is 0.536. The first kappa shape index (κ1) is 11.0. The van der Waals surface area contributed by atoms with Crippen molar-refractivity contribution in [3.05, 3.63) is 0 Å². The molecule has 0 unspecified atom stereocenters. The van der Waals surface area contributed by atoms with Crippen LogP contribution in [0.1, 0.15) is 26.2 Å². The summed E-state index contributed by atoms with van der Waals surface area (Å²) in [5.74, 6) is 0. The van der Waals surface area contributed by atoms with Crippen LogP contribution in [0, 0.1) is 0 Å². The van der Waals surface area contributed by atoms with Crippen LogP contribution in [0.5, 0.6) is 0 Å². The van der Waals surface area contributed by atoms with Gasteiger partial charge in [-0.25, -0.2) is 0 Å². The number of nitrogens with zero attached hydrogens (tertiary/aromatic N) is 1. The average molecular weight is 184 g/mol. The van der Waals surface area contributed by atoms with Gasteiger partial charge >= 0.3 is 7.05 Å². The highest BCUT2D eigenvalue weighted by Gasteiger charge is 2.26. The Kier molecular flexibility index (Phi) is 4.77. The van der Waals surface area contributed by atoms with Crippen LogP contribution in [0.15, 0.2) is 0 Å². The van der Waals surface area contributed by atoms with Crippen molar-refractivity contribution in [2.75, 3.05) is 19.6 Å². The van der Waals surface area contributed by atoms with E-state index in [1.165, 1.54) is 19.3 Å². The summed E-state index contributed by atoms with van der Waals surface area (Å²) in [7, 11) is -0.288. The van der Waals surface area contributed by atoms with Gasteiger partial charge in [0.2, 0.25) is 0 Å². The minimum Gasteiger partial charge on any atom is -0.437 e. The fraction of sp³-hybridized carbons (Fsp3) is 1.00. The van der Waals surface area contributed by atoms with Crippen LogP contribution < -0.4 is 5.32 Å². The van der Waals surface area contributed by atoms with Gasteiger partial charge in [-0.15, -0.1) is 0 Å². The lowest BCUT2D eigenvalue weighted by Gasteiger charge is -2.37. The lowest BCUT2D eigenvalue weighted by atomic mass is 9.81. The molecule has 0 aromatic rings. The van der Waals surface area contributed by atoms with Crippen molar-refractivity contribution in [2.45, 2.75) is 39.1 Å². The minimum absolute atomic E-state index is 0.288. The Balaban J connectivity index is 2.37. The highest BCUT2D eigenvalue weighted by atomic mass is 16.2. The van der Waals surface area contributed by atoms with Crippen LogP contribution in [-0.4, -0.2) is 42.6 Å². The molecule has 1 aliphatic rings. The number of hydrogen-bond acceptors (Lipinski definition) is 3. The molecule has 0 spiro atoms. The Morgan fingerprint density at radius 1 is 1.62 bits per heavy atom. The van der Waals surface area contributed by atoms with Crippen molar-refractivity contribution in [3.63, 3.8) is 0 Å². The monoisotopic (exact) mass is 184 g/mol. The van der Waals surface area contributed by atoms with Crippen LogP contribution in [-0.2, 0) is 0 Å². The second-order valence-electron chi connectivity index (χ2n) is 3.87. The second kappa shape index (κ2) is 5.63. The lowest BCUT2D eigenvalue weighted by molar-refractivity contribution is 0.225. The molecule has 2 N–H and O–H groups in total. The van der Waals surface area contributed by atoms with Gasteiger partial charge in [-0.2, -0.15) is 0 Å². The van der Waals surface area contributed by atoms with E-state index in [1.807, 2.05) is 6.82 Å². The van der Waals surface area contributed by atoms with Crippen molar-refractivity contribution in [2.24, 2.45) is 0 Å². The van der Waals surface area contributed by atoms with Crippen LogP contribution >= 0.6 is 0 Å². The van der Waals surface area contributed by atoms with Gasteiger partial charge in [0.25, 0.3) is 0 Å². The van der Waals surface area contributed by atoms with E-state index in [0.717, 1.165) is 19.6 Å². The normalized spacial score (nSPS) is 24.7. The largest absolute Gasteiger partial charge is 0.437 e. The molecule has 0 aromatic carbocycles. The van der Waals surface area contributed by atoms with E-state index in [-0.39, 0.29) is 7.05 Å². The maximum atomic E-state index is 9.55. The fourth-order valence-corrected chi connectivity index (χ4v) is 1.98. The molecule has 0 aliphatic carbocycles. The van der Waals surface area contributed by atoms with Crippen molar-refractivity contribution < 1.29 is 5.02 Å². The van der Waals surface area contributed by atoms with Crippen molar-refractivity contribution >= 4 is 7.05 Å². The zero-order chi connectivity index (χ0) is 9.68. The quantitative estimate of drug-likeness (QED) is 0.626. The summed E-state index contributed by atoms with van der Waals surface area (Å²) >= 11 is 0. The van der Waals surface area contributed by atoms with Crippen LogP contribution in [0.4, 0.5) is 0 Å². The Hall–Kier alpha value is -0.0551. The van der Waals surface area contributed by atoms with Gasteiger partial charge in [0, 0.05) is 25.7 Å². The van der Waals surface area contributed by atoms with Gasteiger partial charge in [-0.3, -0.25) is 0 Å². The molecule has 13 heavy (non-hydrogen) atoms. The maximum absolute atomic E-state index is 9.55. The maximum Gasteiger partial charge on any atom is 0.376 e. The highest BCUT2D eigenvalue weighted by Crippen LogP contribution is 2.11. The molecular weight excluding hydrogens is 163 g/mol. The summed E-state index contributed by atoms with van der Waals surface area (Å²) in [6.07, 6.45) is 3.70. The average Bonchev–Trinajstić information content (AvgIpc) is 2.15. The molecule has 1 fully saturated rings. The van der Waals surface area contributed by atoms with Gasteiger partial charge in [0.05, 0.1) is 0 Å². The molecule has 3 nitrogen and oxygen atoms in total. The lowest BCUT2D eigenvalue weighted by Crippen LogP contribution is -2.56. The van der Waals surface area contributed by atoms with Gasteiger partial charge in [0.15, 0.2) is 0 Å².